The smallest absolute Gasteiger partial charge is 0.185 e. The molecule has 0 saturated carbocycles. The van der Waals surface area contributed by atoms with Crippen molar-refractivity contribution >= 4 is 6.08 Å². The summed E-state index contributed by atoms with van der Waals surface area (Å²) in [6, 6.07) is 7.11. The third kappa shape index (κ3) is 3.32. The van der Waals surface area contributed by atoms with E-state index < -0.39 is 0 Å². The lowest BCUT2D eigenvalue weighted by Gasteiger charge is -1.94. The van der Waals surface area contributed by atoms with Gasteiger partial charge in [0.25, 0.3) is 0 Å². The SMILES string of the molecule is CCCCC=Cc1ccccc1[O]. The fourth-order valence-electron chi connectivity index (χ4n) is 1.15. The van der Waals surface area contributed by atoms with Gasteiger partial charge in [0.05, 0.1) is 0 Å². The van der Waals surface area contributed by atoms with Gasteiger partial charge in [0.1, 0.15) is 0 Å². The molecular weight excluding hydrogens is 160 g/mol. The molecular formula is C12H15O. The zero-order valence-electron chi connectivity index (χ0n) is 7.99. The van der Waals surface area contributed by atoms with Crippen LogP contribution in [0.5, 0.6) is 5.75 Å². The van der Waals surface area contributed by atoms with E-state index in [-0.39, 0.29) is 5.75 Å². The van der Waals surface area contributed by atoms with E-state index in [0.717, 1.165) is 12.0 Å². The molecule has 13 heavy (non-hydrogen) atoms. The average molecular weight is 175 g/mol. The van der Waals surface area contributed by atoms with Crippen LogP contribution >= 0.6 is 0 Å². The van der Waals surface area contributed by atoms with Gasteiger partial charge in [-0.15, -0.1) is 0 Å². The Balaban J connectivity index is 2.53. The Bertz CT molecular complexity index is 276. The first-order valence-electron chi connectivity index (χ1n) is 4.77. The third-order valence-electron chi connectivity index (χ3n) is 1.94. The van der Waals surface area contributed by atoms with E-state index in [1.807, 2.05) is 18.2 Å². The van der Waals surface area contributed by atoms with Crippen molar-refractivity contribution in [3.05, 3.63) is 35.9 Å². The summed E-state index contributed by atoms with van der Waals surface area (Å²) >= 11 is 0. The van der Waals surface area contributed by atoms with Crippen LogP contribution in [0.1, 0.15) is 31.7 Å². The molecule has 0 aromatic heterocycles. The minimum Gasteiger partial charge on any atom is -0.289 e. The van der Waals surface area contributed by atoms with Crippen LogP contribution in [0.15, 0.2) is 30.3 Å². The third-order valence-corrected chi connectivity index (χ3v) is 1.94. The Morgan fingerprint density at radius 1 is 1.31 bits per heavy atom. The Kier molecular flexibility index (Phi) is 4.10. The average Bonchev–Trinajstić information content (AvgIpc) is 2.15. The minimum atomic E-state index is 0.107. The second-order valence-electron chi connectivity index (χ2n) is 3.08. The van der Waals surface area contributed by atoms with Gasteiger partial charge in [0, 0.05) is 5.56 Å². The summed E-state index contributed by atoms with van der Waals surface area (Å²) in [5, 5.41) is 11.2. The van der Waals surface area contributed by atoms with E-state index in [4.69, 9.17) is 0 Å². The van der Waals surface area contributed by atoms with Gasteiger partial charge in [-0.25, -0.2) is 0 Å². The highest BCUT2D eigenvalue weighted by molar-refractivity contribution is 5.56. The molecule has 1 aromatic rings. The van der Waals surface area contributed by atoms with Crippen LogP contribution in [0.3, 0.4) is 0 Å². The molecule has 0 aliphatic heterocycles. The molecule has 0 aliphatic carbocycles. The van der Waals surface area contributed by atoms with Crippen LogP contribution in [0.25, 0.3) is 6.08 Å². The van der Waals surface area contributed by atoms with E-state index in [9.17, 15) is 5.11 Å². The van der Waals surface area contributed by atoms with Crippen LogP contribution in [-0.4, -0.2) is 0 Å². The molecule has 1 radical (unpaired) electrons. The topological polar surface area (TPSA) is 19.9 Å². The lowest BCUT2D eigenvalue weighted by atomic mass is 10.1. The maximum atomic E-state index is 11.2. The summed E-state index contributed by atoms with van der Waals surface area (Å²) in [6.07, 6.45) is 7.43. The summed E-state index contributed by atoms with van der Waals surface area (Å²) in [4.78, 5) is 0. The van der Waals surface area contributed by atoms with E-state index in [1.165, 1.54) is 12.8 Å². The van der Waals surface area contributed by atoms with Crippen LogP contribution in [-0.2, 0) is 5.11 Å². The molecule has 0 heterocycles. The molecule has 0 saturated heterocycles. The molecule has 0 bridgehead atoms. The van der Waals surface area contributed by atoms with Crippen molar-refractivity contribution < 1.29 is 5.11 Å². The van der Waals surface area contributed by atoms with E-state index in [2.05, 4.69) is 13.0 Å². The van der Waals surface area contributed by atoms with Crippen molar-refractivity contribution in [2.75, 3.05) is 0 Å². The van der Waals surface area contributed by atoms with Crippen molar-refractivity contribution in [3.63, 3.8) is 0 Å². The van der Waals surface area contributed by atoms with Gasteiger partial charge in [-0.2, -0.15) is 0 Å². The molecule has 0 fully saturated rings. The minimum absolute atomic E-state index is 0.107. The highest BCUT2D eigenvalue weighted by atomic mass is 16.3. The van der Waals surface area contributed by atoms with E-state index in [0.29, 0.717) is 0 Å². The fraction of sp³-hybridized carbons (Fsp3) is 0.333. The Hall–Kier alpha value is -1.24. The highest BCUT2D eigenvalue weighted by Crippen LogP contribution is 2.18. The quantitative estimate of drug-likeness (QED) is 0.615. The predicted octanol–water partition coefficient (Wildman–Crippen LogP) is 4.03. The highest BCUT2D eigenvalue weighted by Gasteiger charge is 1.94. The Labute approximate surface area is 79.7 Å². The summed E-state index contributed by atoms with van der Waals surface area (Å²) < 4.78 is 0. The van der Waals surface area contributed by atoms with Gasteiger partial charge in [-0.05, 0) is 12.5 Å². The molecule has 1 aromatic carbocycles. The molecule has 1 heteroatoms. The van der Waals surface area contributed by atoms with Crippen molar-refractivity contribution in [1.82, 2.24) is 0 Å². The number of hydrogen-bond donors (Lipinski definition) is 0. The van der Waals surface area contributed by atoms with Crippen molar-refractivity contribution in [2.45, 2.75) is 26.2 Å². The van der Waals surface area contributed by atoms with Gasteiger partial charge in [0.2, 0.25) is 0 Å². The molecule has 0 N–H and O–H groups in total. The Morgan fingerprint density at radius 3 is 2.77 bits per heavy atom. The largest absolute Gasteiger partial charge is 0.289 e. The lowest BCUT2D eigenvalue weighted by Crippen LogP contribution is -1.72. The monoisotopic (exact) mass is 175 g/mol. The van der Waals surface area contributed by atoms with Crippen molar-refractivity contribution in [2.24, 2.45) is 0 Å². The predicted molar refractivity (Wildman–Crippen MR) is 55.1 cm³/mol. The summed E-state index contributed by atoms with van der Waals surface area (Å²) in [5.74, 6) is 0.107. The summed E-state index contributed by atoms with van der Waals surface area (Å²) in [5.41, 5.74) is 0.790. The lowest BCUT2D eigenvalue weighted by molar-refractivity contribution is 0.354. The van der Waals surface area contributed by atoms with Gasteiger partial charge >= 0.3 is 0 Å². The van der Waals surface area contributed by atoms with Crippen molar-refractivity contribution in [3.8, 4) is 5.75 Å². The number of para-hydroxylation sites is 1. The second-order valence-corrected chi connectivity index (χ2v) is 3.08. The molecule has 0 unspecified atom stereocenters. The summed E-state index contributed by atoms with van der Waals surface area (Å²) in [7, 11) is 0. The first-order valence-corrected chi connectivity index (χ1v) is 4.77. The van der Waals surface area contributed by atoms with Crippen molar-refractivity contribution in [1.29, 1.82) is 0 Å². The molecule has 1 nitrogen and oxygen atoms in total. The van der Waals surface area contributed by atoms with Crippen LogP contribution in [0.4, 0.5) is 0 Å². The molecule has 69 valence electrons. The molecule has 0 amide bonds. The van der Waals surface area contributed by atoms with Gasteiger partial charge in [-0.1, -0.05) is 50.1 Å². The fourth-order valence-corrected chi connectivity index (χ4v) is 1.15. The zero-order valence-corrected chi connectivity index (χ0v) is 7.99. The first-order chi connectivity index (χ1) is 6.34. The standard InChI is InChI=1S/C12H15O/c1-2-3-4-5-8-11-9-6-7-10-12(11)13/h5-10H,2-4H2,1H3. The summed E-state index contributed by atoms with van der Waals surface area (Å²) in [6.45, 7) is 2.16. The molecule has 1 rings (SSSR count). The van der Waals surface area contributed by atoms with Gasteiger partial charge < -0.3 is 0 Å². The van der Waals surface area contributed by atoms with E-state index >= 15 is 0 Å². The van der Waals surface area contributed by atoms with Gasteiger partial charge in [-0.3, -0.25) is 5.11 Å². The zero-order chi connectivity index (χ0) is 9.52. The van der Waals surface area contributed by atoms with Crippen LogP contribution in [0.2, 0.25) is 0 Å². The number of hydrogen-bond acceptors (Lipinski definition) is 0. The maximum absolute atomic E-state index is 11.2. The van der Waals surface area contributed by atoms with Crippen LogP contribution in [0, 0.1) is 0 Å². The number of allylic oxidation sites excluding steroid dienone is 1. The second kappa shape index (κ2) is 5.41. The Morgan fingerprint density at radius 2 is 2.08 bits per heavy atom. The normalized spacial score (nSPS) is 10.8. The van der Waals surface area contributed by atoms with Crippen LogP contribution < -0.4 is 0 Å². The maximum Gasteiger partial charge on any atom is 0.185 e. The molecule has 0 spiro atoms. The number of rotatable bonds is 4. The molecule has 0 aliphatic rings. The number of benzene rings is 1. The first kappa shape index (κ1) is 9.85. The number of unbranched alkanes of at least 4 members (excludes halogenated alkanes) is 2. The van der Waals surface area contributed by atoms with Gasteiger partial charge in [0.15, 0.2) is 5.75 Å². The molecule has 0 atom stereocenters. The van der Waals surface area contributed by atoms with E-state index in [1.54, 1.807) is 12.1 Å².